The summed E-state index contributed by atoms with van der Waals surface area (Å²) in [6, 6.07) is 8.13. The first-order valence-electron chi connectivity index (χ1n) is 5.17. The van der Waals surface area contributed by atoms with Gasteiger partial charge in [-0.15, -0.1) is 0 Å². The van der Waals surface area contributed by atoms with Crippen LogP contribution in [0.5, 0.6) is 0 Å². The summed E-state index contributed by atoms with van der Waals surface area (Å²) < 4.78 is 0. The van der Waals surface area contributed by atoms with E-state index in [-0.39, 0.29) is 5.92 Å². The van der Waals surface area contributed by atoms with E-state index in [1.54, 1.807) is 6.20 Å². The molecule has 0 saturated carbocycles. The molecular formula is C12H17N3. The van der Waals surface area contributed by atoms with Crippen LogP contribution in [0.25, 0.3) is 0 Å². The van der Waals surface area contributed by atoms with Gasteiger partial charge in [0.15, 0.2) is 0 Å². The van der Waals surface area contributed by atoms with Gasteiger partial charge in [-0.3, -0.25) is 0 Å². The van der Waals surface area contributed by atoms with Crippen LogP contribution in [0.1, 0.15) is 13.8 Å². The van der Waals surface area contributed by atoms with E-state index in [0.29, 0.717) is 5.92 Å². The van der Waals surface area contributed by atoms with Crippen LogP contribution >= 0.6 is 0 Å². The fourth-order valence-electron chi connectivity index (χ4n) is 1.37. The van der Waals surface area contributed by atoms with E-state index >= 15 is 0 Å². The predicted octanol–water partition coefficient (Wildman–Crippen LogP) is 2.31. The van der Waals surface area contributed by atoms with Crippen molar-refractivity contribution in [2.75, 3.05) is 18.5 Å². The van der Waals surface area contributed by atoms with E-state index in [1.807, 2.05) is 30.1 Å². The van der Waals surface area contributed by atoms with Crippen molar-refractivity contribution in [1.29, 1.82) is 5.26 Å². The molecule has 0 bridgehead atoms. The molecule has 3 heteroatoms. The molecule has 0 aliphatic heterocycles. The van der Waals surface area contributed by atoms with Crippen LogP contribution in [-0.4, -0.2) is 18.6 Å². The third kappa shape index (κ3) is 3.25. The molecule has 1 aromatic heterocycles. The molecule has 1 rings (SSSR count). The molecule has 80 valence electrons. The highest BCUT2D eigenvalue weighted by molar-refractivity contribution is 5.36. The van der Waals surface area contributed by atoms with Gasteiger partial charge in [0, 0.05) is 19.8 Å². The quantitative estimate of drug-likeness (QED) is 0.754. The molecule has 0 radical (unpaired) electrons. The lowest BCUT2D eigenvalue weighted by Crippen LogP contribution is -2.28. The highest BCUT2D eigenvalue weighted by atomic mass is 15.2. The van der Waals surface area contributed by atoms with E-state index in [1.165, 1.54) is 0 Å². The number of nitriles is 1. The number of rotatable bonds is 4. The molecular weight excluding hydrogens is 186 g/mol. The van der Waals surface area contributed by atoms with Crippen LogP contribution in [0.2, 0.25) is 0 Å². The molecule has 3 nitrogen and oxygen atoms in total. The first-order valence-corrected chi connectivity index (χ1v) is 5.17. The van der Waals surface area contributed by atoms with Crippen molar-refractivity contribution in [2.24, 2.45) is 11.8 Å². The molecule has 0 aromatic carbocycles. The van der Waals surface area contributed by atoms with Crippen LogP contribution in [0, 0.1) is 23.2 Å². The Bertz CT molecular complexity index is 326. The van der Waals surface area contributed by atoms with Crippen LogP contribution in [0.4, 0.5) is 5.82 Å². The molecule has 1 unspecified atom stereocenters. The molecule has 1 atom stereocenters. The number of hydrogen-bond acceptors (Lipinski definition) is 3. The number of nitrogens with zero attached hydrogens (tertiary/aromatic N) is 3. The zero-order valence-corrected chi connectivity index (χ0v) is 9.51. The Hall–Kier alpha value is -1.56. The highest BCUT2D eigenvalue weighted by Crippen LogP contribution is 2.14. The summed E-state index contributed by atoms with van der Waals surface area (Å²) in [5.74, 6) is 1.34. The number of pyridine rings is 1. The molecule has 0 N–H and O–H groups in total. The topological polar surface area (TPSA) is 39.9 Å². The van der Waals surface area contributed by atoms with E-state index < -0.39 is 0 Å². The summed E-state index contributed by atoms with van der Waals surface area (Å²) in [6.07, 6.45) is 1.77. The lowest BCUT2D eigenvalue weighted by molar-refractivity contribution is 0.476. The number of aromatic nitrogens is 1. The molecule has 0 spiro atoms. The van der Waals surface area contributed by atoms with Crippen LogP contribution in [-0.2, 0) is 0 Å². The molecule has 0 saturated heterocycles. The first-order chi connectivity index (χ1) is 7.15. The summed E-state index contributed by atoms with van der Waals surface area (Å²) in [4.78, 5) is 6.26. The van der Waals surface area contributed by atoms with Crippen molar-refractivity contribution in [1.82, 2.24) is 4.98 Å². The number of hydrogen-bond donors (Lipinski definition) is 0. The zero-order chi connectivity index (χ0) is 11.3. The lowest BCUT2D eigenvalue weighted by Gasteiger charge is -2.22. The van der Waals surface area contributed by atoms with Gasteiger partial charge in [-0.05, 0) is 18.1 Å². The molecule has 0 amide bonds. The van der Waals surface area contributed by atoms with Gasteiger partial charge >= 0.3 is 0 Å². The Morgan fingerprint density at radius 3 is 2.67 bits per heavy atom. The van der Waals surface area contributed by atoms with E-state index in [2.05, 4.69) is 24.9 Å². The Balaban J connectivity index is 2.64. The molecule has 15 heavy (non-hydrogen) atoms. The van der Waals surface area contributed by atoms with E-state index in [9.17, 15) is 0 Å². The standard InChI is InChI=1S/C12H17N3/c1-10(2)11(8-13)9-15(3)12-6-4-5-7-14-12/h4-7,10-11H,9H2,1-3H3. The van der Waals surface area contributed by atoms with Gasteiger partial charge in [-0.1, -0.05) is 19.9 Å². The maximum Gasteiger partial charge on any atom is 0.128 e. The smallest absolute Gasteiger partial charge is 0.128 e. The molecule has 1 heterocycles. The average molecular weight is 203 g/mol. The Labute approximate surface area is 91.4 Å². The highest BCUT2D eigenvalue weighted by Gasteiger charge is 2.15. The van der Waals surface area contributed by atoms with Gasteiger partial charge in [0.05, 0.1) is 12.0 Å². The molecule has 0 fully saturated rings. The summed E-state index contributed by atoms with van der Waals surface area (Å²) in [5, 5.41) is 9.00. The zero-order valence-electron chi connectivity index (χ0n) is 9.51. The first kappa shape index (κ1) is 11.5. The maximum atomic E-state index is 9.00. The number of anilines is 1. The second kappa shape index (κ2) is 5.35. The van der Waals surface area contributed by atoms with Gasteiger partial charge in [0.2, 0.25) is 0 Å². The fourth-order valence-corrected chi connectivity index (χ4v) is 1.37. The fraction of sp³-hybridized carbons (Fsp3) is 0.500. The normalized spacial score (nSPS) is 12.2. The van der Waals surface area contributed by atoms with Gasteiger partial charge in [0.25, 0.3) is 0 Å². The van der Waals surface area contributed by atoms with Gasteiger partial charge in [0.1, 0.15) is 5.82 Å². The largest absolute Gasteiger partial charge is 0.358 e. The van der Waals surface area contributed by atoms with Crippen molar-refractivity contribution in [3.8, 4) is 6.07 Å². The summed E-state index contributed by atoms with van der Waals surface area (Å²) in [6.45, 7) is 4.87. The van der Waals surface area contributed by atoms with Gasteiger partial charge in [-0.2, -0.15) is 5.26 Å². The van der Waals surface area contributed by atoms with Crippen LogP contribution in [0.3, 0.4) is 0 Å². The summed E-state index contributed by atoms with van der Waals surface area (Å²) >= 11 is 0. The molecule has 1 aromatic rings. The second-order valence-corrected chi connectivity index (χ2v) is 4.05. The third-order valence-corrected chi connectivity index (χ3v) is 2.48. The monoisotopic (exact) mass is 203 g/mol. The maximum absolute atomic E-state index is 9.00. The Kier molecular flexibility index (Phi) is 4.11. The SMILES string of the molecule is CC(C)C(C#N)CN(C)c1ccccn1. The van der Waals surface area contributed by atoms with E-state index in [0.717, 1.165) is 12.4 Å². The third-order valence-electron chi connectivity index (χ3n) is 2.48. The second-order valence-electron chi connectivity index (χ2n) is 4.05. The molecule has 0 aliphatic carbocycles. The predicted molar refractivity (Wildman–Crippen MR) is 61.4 cm³/mol. The molecule has 0 aliphatic rings. The minimum absolute atomic E-state index is 0.0528. The van der Waals surface area contributed by atoms with Crippen LogP contribution in [0.15, 0.2) is 24.4 Å². The average Bonchev–Trinajstić information content (AvgIpc) is 2.26. The Morgan fingerprint density at radius 2 is 2.20 bits per heavy atom. The Morgan fingerprint density at radius 1 is 1.47 bits per heavy atom. The van der Waals surface area contributed by atoms with Gasteiger partial charge in [-0.25, -0.2) is 4.98 Å². The minimum Gasteiger partial charge on any atom is -0.358 e. The van der Waals surface area contributed by atoms with Crippen molar-refractivity contribution >= 4 is 5.82 Å². The van der Waals surface area contributed by atoms with Crippen molar-refractivity contribution in [3.05, 3.63) is 24.4 Å². The summed E-state index contributed by atoms with van der Waals surface area (Å²) in [5.41, 5.74) is 0. The minimum atomic E-state index is 0.0528. The lowest BCUT2D eigenvalue weighted by atomic mass is 9.97. The van der Waals surface area contributed by atoms with E-state index in [4.69, 9.17) is 5.26 Å². The van der Waals surface area contributed by atoms with Crippen molar-refractivity contribution in [3.63, 3.8) is 0 Å². The summed E-state index contributed by atoms with van der Waals surface area (Å²) in [7, 11) is 1.97. The van der Waals surface area contributed by atoms with Crippen LogP contribution < -0.4 is 4.90 Å². The van der Waals surface area contributed by atoms with Crippen molar-refractivity contribution < 1.29 is 0 Å². The van der Waals surface area contributed by atoms with Gasteiger partial charge < -0.3 is 4.90 Å². The van der Waals surface area contributed by atoms with Crippen molar-refractivity contribution in [2.45, 2.75) is 13.8 Å².